The number of rotatable bonds is 2. The fourth-order valence-corrected chi connectivity index (χ4v) is 3.33. The molecule has 0 saturated carbocycles. The summed E-state index contributed by atoms with van der Waals surface area (Å²) in [5.41, 5.74) is 6.97. The molecule has 1 aliphatic rings. The summed E-state index contributed by atoms with van der Waals surface area (Å²) in [6.07, 6.45) is 0. The largest absolute Gasteiger partial charge is 0.497 e. The highest BCUT2D eigenvalue weighted by Gasteiger charge is 2.30. The minimum atomic E-state index is 0.00790. The molecular formula is C14H20N2O2S. The first-order valence-corrected chi connectivity index (χ1v) is 7.28. The van der Waals surface area contributed by atoms with E-state index < -0.39 is 0 Å². The Morgan fingerprint density at radius 3 is 2.79 bits per heavy atom. The molecule has 0 atom stereocenters. The Kier molecular flexibility index (Phi) is 3.94. The third-order valence-corrected chi connectivity index (χ3v) is 4.50. The monoisotopic (exact) mass is 280 g/mol. The van der Waals surface area contributed by atoms with Crippen LogP contribution in [0.2, 0.25) is 0 Å². The second kappa shape index (κ2) is 5.33. The van der Waals surface area contributed by atoms with Crippen LogP contribution in [0.15, 0.2) is 18.2 Å². The van der Waals surface area contributed by atoms with Gasteiger partial charge in [0.05, 0.1) is 12.7 Å². The van der Waals surface area contributed by atoms with E-state index in [-0.39, 0.29) is 10.7 Å². The molecule has 1 fully saturated rings. The lowest BCUT2D eigenvalue weighted by Gasteiger charge is -2.37. The van der Waals surface area contributed by atoms with Crippen LogP contribution in [0.4, 0.5) is 5.69 Å². The average Bonchev–Trinajstić information content (AvgIpc) is 2.36. The SMILES string of the molecule is COc1ccc(C(=O)N2CCSC(C)(C)C2)c(N)c1. The van der Waals surface area contributed by atoms with E-state index in [1.807, 2.05) is 16.7 Å². The minimum absolute atomic E-state index is 0.00790. The number of benzene rings is 1. The standard InChI is InChI=1S/C14H20N2O2S/c1-14(2)9-16(6-7-19-14)13(17)11-5-4-10(18-3)8-12(11)15/h4-5,8H,6-7,9,15H2,1-3H3. The van der Waals surface area contributed by atoms with Crippen LogP contribution in [0.3, 0.4) is 0 Å². The highest BCUT2D eigenvalue weighted by Crippen LogP contribution is 2.31. The summed E-state index contributed by atoms with van der Waals surface area (Å²) in [7, 11) is 1.58. The zero-order valence-electron chi connectivity index (χ0n) is 11.6. The van der Waals surface area contributed by atoms with Crippen molar-refractivity contribution in [2.24, 2.45) is 0 Å². The van der Waals surface area contributed by atoms with Gasteiger partial charge < -0.3 is 15.4 Å². The van der Waals surface area contributed by atoms with Crippen LogP contribution < -0.4 is 10.5 Å². The molecule has 0 aliphatic carbocycles. The van der Waals surface area contributed by atoms with Gasteiger partial charge in [0.25, 0.3) is 5.91 Å². The van der Waals surface area contributed by atoms with Gasteiger partial charge in [0.15, 0.2) is 0 Å². The van der Waals surface area contributed by atoms with E-state index in [1.54, 1.807) is 25.3 Å². The van der Waals surface area contributed by atoms with Crippen molar-refractivity contribution in [3.8, 4) is 5.75 Å². The molecule has 0 radical (unpaired) electrons. The van der Waals surface area contributed by atoms with Crippen molar-refractivity contribution in [2.75, 3.05) is 31.7 Å². The summed E-state index contributed by atoms with van der Waals surface area (Å²) >= 11 is 1.90. The maximum Gasteiger partial charge on any atom is 0.256 e. The van der Waals surface area contributed by atoms with Crippen molar-refractivity contribution < 1.29 is 9.53 Å². The molecule has 0 bridgehead atoms. The fraction of sp³-hybridized carbons (Fsp3) is 0.500. The Hall–Kier alpha value is -1.36. The Bertz CT molecular complexity index is 488. The highest BCUT2D eigenvalue weighted by atomic mass is 32.2. The maximum absolute atomic E-state index is 12.5. The van der Waals surface area contributed by atoms with Crippen molar-refractivity contribution in [3.05, 3.63) is 23.8 Å². The molecule has 2 N–H and O–H groups in total. The normalized spacial score (nSPS) is 18.2. The number of ether oxygens (including phenoxy) is 1. The molecule has 0 unspecified atom stereocenters. The molecule has 1 heterocycles. The summed E-state index contributed by atoms with van der Waals surface area (Å²) in [6.45, 7) is 5.85. The van der Waals surface area contributed by atoms with Crippen molar-refractivity contribution >= 4 is 23.4 Å². The number of anilines is 1. The second-order valence-electron chi connectivity index (χ2n) is 5.29. The molecule has 1 aliphatic heterocycles. The van der Waals surface area contributed by atoms with Gasteiger partial charge in [-0.05, 0) is 26.0 Å². The number of hydrogen-bond donors (Lipinski definition) is 1. The van der Waals surface area contributed by atoms with E-state index in [0.717, 1.165) is 18.8 Å². The van der Waals surface area contributed by atoms with Gasteiger partial charge in [0.2, 0.25) is 0 Å². The van der Waals surface area contributed by atoms with Gasteiger partial charge in [-0.3, -0.25) is 4.79 Å². The number of methoxy groups -OCH3 is 1. The van der Waals surface area contributed by atoms with E-state index in [1.165, 1.54) is 0 Å². The Labute approximate surface area is 118 Å². The van der Waals surface area contributed by atoms with Crippen LogP contribution in [-0.4, -0.2) is 41.5 Å². The lowest BCUT2D eigenvalue weighted by atomic mass is 10.1. The van der Waals surface area contributed by atoms with Gasteiger partial charge in [0, 0.05) is 35.3 Å². The van der Waals surface area contributed by atoms with Gasteiger partial charge in [-0.1, -0.05) is 0 Å². The predicted molar refractivity (Wildman–Crippen MR) is 79.8 cm³/mol. The van der Waals surface area contributed by atoms with Crippen LogP contribution in [0.1, 0.15) is 24.2 Å². The Balaban J connectivity index is 2.20. The van der Waals surface area contributed by atoms with E-state index in [4.69, 9.17) is 10.5 Å². The molecule has 1 amide bonds. The molecule has 1 aromatic rings. The lowest BCUT2D eigenvalue weighted by molar-refractivity contribution is 0.0749. The number of nitrogens with zero attached hydrogens (tertiary/aromatic N) is 1. The molecule has 104 valence electrons. The van der Waals surface area contributed by atoms with Gasteiger partial charge in [-0.25, -0.2) is 0 Å². The molecule has 1 saturated heterocycles. The van der Waals surface area contributed by atoms with Crippen molar-refractivity contribution in [2.45, 2.75) is 18.6 Å². The van der Waals surface area contributed by atoms with E-state index in [0.29, 0.717) is 17.0 Å². The van der Waals surface area contributed by atoms with Crippen molar-refractivity contribution in [1.82, 2.24) is 4.90 Å². The van der Waals surface area contributed by atoms with E-state index in [2.05, 4.69) is 13.8 Å². The number of thioether (sulfide) groups is 1. The molecule has 5 heteroatoms. The summed E-state index contributed by atoms with van der Waals surface area (Å²) in [6, 6.07) is 5.20. The third-order valence-electron chi connectivity index (χ3n) is 3.20. The van der Waals surface area contributed by atoms with Crippen LogP contribution in [0, 0.1) is 0 Å². The topological polar surface area (TPSA) is 55.6 Å². The predicted octanol–water partition coefficient (Wildman–Crippen LogP) is 2.25. The van der Waals surface area contributed by atoms with Crippen molar-refractivity contribution in [1.29, 1.82) is 0 Å². The number of nitrogens with two attached hydrogens (primary N) is 1. The molecule has 2 rings (SSSR count). The smallest absolute Gasteiger partial charge is 0.256 e. The molecule has 4 nitrogen and oxygen atoms in total. The van der Waals surface area contributed by atoms with E-state index in [9.17, 15) is 4.79 Å². The van der Waals surface area contributed by atoms with Crippen LogP contribution in [0.5, 0.6) is 5.75 Å². The van der Waals surface area contributed by atoms with Crippen LogP contribution in [0.25, 0.3) is 0 Å². The summed E-state index contributed by atoms with van der Waals surface area (Å²) < 4.78 is 5.21. The first-order chi connectivity index (χ1) is 8.93. The van der Waals surface area contributed by atoms with E-state index >= 15 is 0 Å². The lowest BCUT2D eigenvalue weighted by Crippen LogP contribution is -2.46. The third kappa shape index (κ3) is 3.15. The second-order valence-corrected chi connectivity index (χ2v) is 7.09. The first kappa shape index (κ1) is 14.1. The molecule has 0 spiro atoms. The van der Waals surface area contributed by atoms with Crippen molar-refractivity contribution in [3.63, 3.8) is 0 Å². The quantitative estimate of drug-likeness (QED) is 0.844. The molecule has 0 aromatic heterocycles. The average molecular weight is 280 g/mol. The first-order valence-electron chi connectivity index (χ1n) is 6.30. The summed E-state index contributed by atoms with van der Waals surface area (Å²) in [4.78, 5) is 14.4. The zero-order valence-corrected chi connectivity index (χ0v) is 12.4. The maximum atomic E-state index is 12.5. The number of hydrogen-bond acceptors (Lipinski definition) is 4. The van der Waals surface area contributed by atoms with Gasteiger partial charge in [-0.2, -0.15) is 11.8 Å². The van der Waals surface area contributed by atoms with Gasteiger partial charge in [-0.15, -0.1) is 0 Å². The minimum Gasteiger partial charge on any atom is -0.497 e. The number of carbonyl (C=O) groups excluding carboxylic acids is 1. The van der Waals surface area contributed by atoms with Gasteiger partial charge >= 0.3 is 0 Å². The molecule has 19 heavy (non-hydrogen) atoms. The fourth-order valence-electron chi connectivity index (χ4n) is 2.22. The number of amides is 1. The molecular weight excluding hydrogens is 260 g/mol. The zero-order chi connectivity index (χ0) is 14.0. The highest BCUT2D eigenvalue weighted by molar-refractivity contribution is 8.00. The number of carbonyl (C=O) groups is 1. The Morgan fingerprint density at radius 2 is 2.21 bits per heavy atom. The molecule has 1 aromatic carbocycles. The van der Waals surface area contributed by atoms with Gasteiger partial charge in [0.1, 0.15) is 5.75 Å². The summed E-state index contributed by atoms with van der Waals surface area (Å²) in [5.74, 6) is 1.64. The number of nitrogen functional groups attached to an aromatic ring is 1. The van der Waals surface area contributed by atoms with Crippen LogP contribution in [-0.2, 0) is 0 Å². The summed E-state index contributed by atoms with van der Waals surface area (Å²) in [5, 5.41) is 0. The Morgan fingerprint density at radius 1 is 1.47 bits per heavy atom. The van der Waals surface area contributed by atoms with Crippen LogP contribution >= 0.6 is 11.8 Å².